The van der Waals surface area contributed by atoms with E-state index in [9.17, 15) is 19.3 Å². The van der Waals surface area contributed by atoms with Crippen molar-refractivity contribution in [1.29, 1.82) is 0 Å². The quantitative estimate of drug-likeness (QED) is 0.528. The van der Waals surface area contributed by atoms with Crippen LogP contribution in [0.15, 0.2) is 41.1 Å². The molecule has 2 rings (SSSR count). The number of halogens is 2. The van der Waals surface area contributed by atoms with Crippen LogP contribution in [0.1, 0.15) is 10.4 Å². The van der Waals surface area contributed by atoms with E-state index in [2.05, 4.69) is 26.2 Å². The van der Waals surface area contributed by atoms with Crippen molar-refractivity contribution in [3.8, 4) is 0 Å². The fraction of sp³-hybridized carbons (Fsp3) is 0. The number of nitro benzene ring substituents is 1. The van der Waals surface area contributed by atoms with Crippen molar-refractivity contribution in [2.75, 3.05) is 5.32 Å². The molecule has 1 aromatic heterocycles. The summed E-state index contributed by atoms with van der Waals surface area (Å²) in [5.41, 5.74) is -0.235. The molecule has 0 saturated heterocycles. The van der Waals surface area contributed by atoms with Crippen LogP contribution >= 0.6 is 15.9 Å². The lowest BCUT2D eigenvalue weighted by Gasteiger charge is -2.05. The van der Waals surface area contributed by atoms with Gasteiger partial charge in [0.2, 0.25) is 5.82 Å². The Hall–Kier alpha value is -2.35. The maximum absolute atomic E-state index is 13.4. The number of hydrogen-bond acceptors (Lipinski definition) is 4. The zero-order valence-corrected chi connectivity index (χ0v) is 11.4. The van der Waals surface area contributed by atoms with Crippen LogP contribution in [0.5, 0.6) is 0 Å². The van der Waals surface area contributed by atoms with Gasteiger partial charge in [-0.3, -0.25) is 14.9 Å². The standard InChI is InChI=1S/C12H7BrFN3O3/c13-11-4-1-7(6-15-11)12(18)16-8-2-3-10(17(19)20)9(14)5-8/h1-6H,(H,16,18). The number of anilines is 1. The second-order valence-electron chi connectivity index (χ2n) is 3.75. The smallest absolute Gasteiger partial charge is 0.304 e. The van der Waals surface area contributed by atoms with Gasteiger partial charge in [0.1, 0.15) is 4.60 Å². The summed E-state index contributed by atoms with van der Waals surface area (Å²) in [6, 6.07) is 6.26. The number of aromatic nitrogens is 1. The number of nitro groups is 1. The van der Waals surface area contributed by atoms with Crippen LogP contribution in [0.2, 0.25) is 0 Å². The molecule has 6 nitrogen and oxygen atoms in total. The minimum atomic E-state index is -1.01. The third-order valence-electron chi connectivity index (χ3n) is 2.39. The van der Waals surface area contributed by atoms with Crippen molar-refractivity contribution < 1.29 is 14.1 Å². The molecule has 0 bridgehead atoms. The van der Waals surface area contributed by atoms with E-state index in [0.29, 0.717) is 4.60 Å². The number of pyridine rings is 1. The lowest BCUT2D eigenvalue weighted by Crippen LogP contribution is -2.12. The molecule has 0 radical (unpaired) electrons. The highest BCUT2D eigenvalue weighted by atomic mass is 79.9. The molecule has 0 unspecified atom stereocenters. The molecule has 0 aliphatic rings. The van der Waals surface area contributed by atoms with Crippen LogP contribution in [-0.4, -0.2) is 15.8 Å². The Balaban J connectivity index is 2.18. The first-order valence-corrected chi connectivity index (χ1v) is 6.13. The van der Waals surface area contributed by atoms with E-state index in [1.165, 1.54) is 18.3 Å². The predicted molar refractivity (Wildman–Crippen MR) is 72.9 cm³/mol. The van der Waals surface area contributed by atoms with Crippen LogP contribution in [0.3, 0.4) is 0 Å². The Morgan fingerprint density at radius 1 is 1.35 bits per heavy atom. The lowest BCUT2D eigenvalue weighted by atomic mass is 10.2. The van der Waals surface area contributed by atoms with Gasteiger partial charge in [-0.2, -0.15) is 4.39 Å². The first-order chi connectivity index (χ1) is 9.47. The highest BCUT2D eigenvalue weighted by molar-refractivity contribution is 9.10. The Labute approximate surface area is 120 Å². The second kappa shape index (κ2) is 5.74. The van der Waals surface area contributed by atoms with Crippen molar-refractivity contribution in [3.63, 3.8) is 0 Å². The monoisotopic (exact) mass is 339 g/mol. The summed E-state index contributed by atoms with van der Waals surface area (Å²) in [5, 5.41) is 12.9. The predicted octanol–water partition coefficient (Wildman–Crippen LogP) is 3.14. The average Bonchev–Trinajstić information content (AvgIpc) is 2.39. The molecule has 102 valence electrons. The number of carbonyl (C=O) groups is 1. The fourth-order valence-corrected chi connectivity index (χ4v) is 1.68. The third-order valence-corrected chi connectivity index (χ3v) is 2.86. The van der Waals surface area contributed by atoms with Gasteiger partial charge in [-0.15, -0.1) is 0 Å². The largest absolute Gasteiger partial charge is 0.322 e. The maximum atomic E-state index is 13.4. The van der Waals surface area contributed by atoms with Gasteiger partial charge in [0, 0.05) is 24.0 Å². The van der Waals surface area contributed by atoms with Crippen molar-refractivity contribution >= 4 is 33.2 Å². The number of nitrogens with one attached hydrogen (secondary N) is 1. The molecule has 1 aromatic carbocycles. The van der Waals surface area contributed by atoms with Crippen LogP contribution in [0, 0.1) is 15.9 Å². The molecule has 20 heavy (non-hydrogen) atoms. The van der Waals surface area contributed by atoms with E-state index in [1.807, 2.05) is 0 Å². The second-order valence-corrected chi connectivity index (χ2v) is 4.56. The lowest BCUT2D eigenvalue weighted by molar-refractivity contribution is -0.387. The molecule has 0 atom stereocenters. The highest BCUT2D eigenvalue weighted by Crippen LogP contribution is 2.21. The number of rotatable bonds is 3. The van der Waals surface area contributed by atoms with E-state index < -0.39 is 22.3 Å². The van der Waals surface area contributed by atoms with Crippen molar-refractivity contribution in [2.24, 2.45) is 0 Å². The number of amides is 1. The van der Waals surface area contributed by atoms with Gasteiger partial charge in [0.15, 0.2) is 0 Å². The van der Waals surface area contributed by atoms with Gasteiger partial charge < -0.3 is 5.32 Å². The molecule has 0 saturated carbocycles. The van der Waals surface area contributed by atoms with Crippen molar-refractivity contribution in [1.82, 2.24) is 4.98 Å². The molecule has 0 fully saturated rings. The molecule has 1 N–H and O–H groups in total. The summed E-state index contributed by atoms with van der Waals surface area (Å²) in [4.78, 5) is 25.4. The minimum absolute atomic E-state index is 0.126. The molecular weight excluding hydrogens is 333 g/mol. The topological polar surface area (TPSA) is 85.1 Å². The molecule has 0 aliphatic carbocycles. The zero-order valence-electron chi connectivity index (χ0n) is 9.84. The first-order valence-electron chi connectivity index (χ1n) is 5.34. The molecule has 8 heteroatoms. The van der Waals surface area contributed by atoms with E-state index >= 15 is 0 Å². The number of carbonyl (C=O) groups excluding carboxylic acids is 1. The molecule has 0 aliphatic heterocycles. The van der Waals surface area contributed by atoms with Gasteiger partial charge in [-0.25, -0.2) is 4.98 Å². The average molecular weight is 340 g/mol. The Morgan fingerprint density at radius 3 is 2.65 bits per heavy atom. The molecule has 2 aromatic rings. The van der Waals surface area contributed by atoms with Gasteiger partial charge in [-0.05, 0) is 34.1 Å². The van der Waals surface area contributed by atoms with Crippen molar-refractivity contribution in [2.45, 2.75) is 0 Å². The van der Waals surface area contributed by atoms with Crippen LogP contribution < -0.4 is 5.32 Å². The van der Waals surface area contributed by atoms with Crippen LogP contribution in [0.25, 0.3) is 0 Å². The summed E-state index contributed by atoms with van der Waals surface area (Å²) in [6.45, 7) is 0. The zero-order chi connectivity index (χ0) is 14.7. The number of hydrogen-bond donors (Lipinski definition) is 1. The van der Waals surface area contributed by atoms with Crippen molar-refractivity contribution in [3.05, 3.63) is 62.6 Å². The summed E-state index contributed by atoms with van der Waals surface area (Å²) >= 11 is 3.14. The summed E-state index contributed by atoms with van der Waals surface area (Å²) in [5.74, 6) is -1.50. The normalized spacial score (nSPS) is 10.1. The summed E-state index contributed by atoms with van der Waals surface area (Å²) in [6.07, 6.45) is 1.35. The van der Waals surface area contributed by atoms with E-state index in [4.69, 9.17) is 0 Å². The molecular formula is C12H7BrFN3O3. The Bertz CT molecular complexity index is 676. The third kappa shape index (κ3) is 3.15. The maximum Gasteiger partial charge on any atom is 0.304 e. The molecule has 1 amide bonds. The van der Waals surface area contributed by atoms with Gasteiger partial charge in [0.25, 0.3) is 5.91 Å². The fourth-order valence-electron chi connectivity index (χ4n) is 1.45. The number of nitrogens with zero attached hydrogens (tertiary/aromatic N) is 2. The first kappa shape index (κ1) is 14.1. The Kier molecular flexibility index (Phi) is 4.04. The van der Waals surface area contributed by atoms with Crippen LogP contribution in [-0.2, 0) is 0 Å². The number of benzene rings is 1. The van der Waals surface area contributed by atoms with E-state index in [1.54, 1.807) is 6.07 Å². The SMILES string of the molecule is O=C(Nc1ccc([N+](=O)[O-])c(F)c1)c1ccc(Br)nc1. The molecule has 1 heterocycles. The minimum Gasteiger partial charge on any atom is -0.322 e. The van der Waals surface area contributed by atoms with Gasteiger partial charge in [-0.1, -0.05) is 0 Å². The van der Waals surface area contributed by atoms with Gasteiger partial charge >= 0.3 is 5.69 Å². The van der Waals surface area contributed by atoms with E-state index in [0.717, 1.165) is 12.1 Å². The van der Waals surface area contributed by atoms with E-state index in [-0.39, 0.29) is 11.3 Å². The van der Waals surface area contributed by atoms with Gasteiger partial charge in [0.05, 0.1) is 10.5 Å². The molecule has 0 spiro atoms. The Morgan fingerprint density at radius 2 is 2.10 bits per heavy atom. The highest BCUT2D eigenvalue weighted by Gasteiger charge is 2.15. The van der Waals surface area contributed by atoms with Crippen LogP contribution in [0.4, 0.5) is 15.8 Å². The summed E-state index contributed by atoms with van der Waals surface area (Å²) < 4.78 is 14.0. The summed E-state index contributed by atoms with van der Waals surface area (Å²) in [7, 11) is 0.